The molecule has 156 valence electrons. The van der Waals surface area contributed by atoms with Gasteiger partial charge < -0.3 is 9.64 Å². The molecule has 1 aliphatic rings. The van der Waals surface area contributed by atoms with E-state index in [0.29, 0.717) is 5.56 Å². The van der Waals surface area contributed by atoms with Crippen LogP contribution in [0, 0.1) is 11.3 Å². The maximum atomic E-state index is 12.5. The molecule has 0 saturated carbocycles. The first-order valence-electron chi connectivity index (χ1n) is 10.3. The number of rotatable bonds is 5. The Morgan fingerprint density at radius 2 is 1.65 bits per heavy atom. The maximum absolute atomic E-state index is 12.5. The van der Waals surface area contributed by atoms with E-state index in [0.717, 1.165) is 48.7 Å². The van der Waals surface area contributed by atoms with Crippen molar-refractivity contribution in [1.29, 1.82) is 5.26 Å². The van der Waals surface area contributed by atoms with Crippen molar-refractivity contribution >= 4 is 11.8 Å². The number of nitrogens with zero attached hydrogens (tertiary/aromatic N) is 4. The minimum Gasteiger partial charge on any atom is -0.468 e. The molecule has 0 spiro atoms. The number of methoxy groups -OCH3 is 1. The molecule has 0 aliphatic carbocycles. The number of piperazine rings is 1. The summed E-state index contributed by atoms with van der Waals surface area (Å²) in [7, 11) is 1.44. The summed E-state index contributed by atoms with van der Waals surface area (Å²) >= 11 is 0. The van der Waals surface area contributed by atoms with Crippen molar-refractivity contribution in [3.63, 3.8) is 0 Å². The van der Waals surface area contributed by atoms with Gasteiger partial charge in [-0.05, 0) is 35.4 Å². The quantitative estimate of drug-likeness (QED) is 0.596. The molecule has 4 rings (SSSR count). The van der Waals surface area contributed by atoms with E-state index >= 15 is 0 Å². The standard InChI is InChI=1S/C25H24N4O2/c1-31-25(30)24(21-5-3-2-4-6-21)29-15-13-28(14-16-29)23-12-11-22(18-27-23)20-9-7-19(17-26)8-10-20/h2-12,18,24H,13-16H2,1H3. The molecule has 2 aromatic carbocycles. The molecule has 2 heterocycles. The topological polar surface area (TPSA) is 69.5 Å². The number of esters is 1. The van der Waals surface area contributed by atoms with E-state index in [9.17, 15) is 4.79 Å². The Labute approximate surface area is 182 Å². The van der Waals surface area contributed by atoms with E-state index in [-0.39, 0.29) is 12.0 Å². The highest BCUT2D eigenvalue weighted by Gasteiger charge is 2.31. The number of anilines is 1. The zero-order chi connectivity index (χ0) is 21.6. The fourth-order valence-electron chi connectivity index (χ4n) is 3.93. The number of pyridine rings is 1. The van der Waals surface area contributed by atoms with Gasteiger partial charge in [0.25, 0.3) is 0 Å². The van der Waals surface area contributed by atoms with Crippen LogP contribution in [0.15, 0.2) is 72.9 Å². The number of hydrogen-bond acceptors (Lipinski definition) is 6. The Morgan fingerprint density at radius 1 is 0.968 bits per heavy atom. The van der Waals surface area contributed by atoms with Gasteiger partial charge in [-0.2, -0.15) is 5.26 Å². The molecule has 1 aliphatic heterocycles. The first-order chi connectivity index (χ1) is 15.2. The minimum atomic E-state index is -0.389. The van der Waals surface area contributed by atoms with Gasteiger partial charge in [-0.25, -0.2) is 9.78 Å². The molecule has 1 aromatic heterocycles. The number of carbonyl (C=O) groups is 1. The summed E-state index contributed by atoms with van der Waals surface area (Å²) in [4.78, 5) is 21.5. The van der Waals surface area contributed by atoms with Crippen LogP contribution in [0.3, 0.4) is 0 Å². The molecule has 1 unspecified atom stereocenters. The third kappa shape index (κ3) is 4.57. The van der Waals surface area contributed by atoms with Gasteiger partial charge in [-0.1, -0.05) is 42.5 Å². The normalized spacial score (nSPS) is 15.2. The van der Waals surface area contributed by atoms with Crippen LogP contribution in [-0.4, -0.2) is 49.1 Å². The number of benzene rings is 2. The molecular formula is C25H24N4O2. The van der Waals surface area contributed by atoms with Crippen molar-refractivity contribution in [2.45, 2.75) is 6.04 Å². The second kappa shape index (κ2) is 9.41. The first-order valence-corrected chi connectivity index (χ1v) is 10.3. The predicted molar refractivity (Wildman–Crippen MR) is 119 cm³/mol. The van der Waals surface area contributed by atoms with Gasteiger partial charge in [0.2, 0.25) is 0 Å². The van der Waals surface area contributed by atoms with Gasteiger partial charge in [0, 0.05) is 37.9 Å². The van der Waals surface area contributed by atoms with E-state index in [2.05, 4.69) is 26.9 Å². The largest absolute Gasteiger partial charge is 0.468 e. The molecule has 0 amide bonds. The Bertz CT molecular complexity index is 1050. The third-order valence-corrected chi connectivity index (χ3v) is 5.64. The summed E-state index contributed by atoms with van der Waals surface area (Å²) in [6.07, 6.45) is 1.87. The second-order valence-electron chi connectivity index (χ2n) is 7.45. The van der Waals surface area contributed by atoms with E-state index in [1.165, 1.54) is 7.11 Å². The SMILES string of the molecule is COC(=O)C(c1ccccc1)N1CCN(c2ccc(-c3ccc(C#N)cc3)cn2)CC1. The molecule has 0 N–H and O–H groups in total. The second-order valence-corrected chi connectivity index (χ2v) is 7.45. The number of hydrogen-bond donors (Lipinski definition) is 0. The molecule has 31 heavy (non-hydrogen) atoms. The van der Waals surface area contributed by atoms with Crippen molar-refractivity contribution < 1.29 is 9.53 Å². The van der Waals surface area contributed by atoms with Crippen molar-refractivity contribution in [2.24, 2.45) is 0 Å². The van der Waals surface area contributed by atoms with E-state index in [1.54, 1.807) is 0 Å². The fourth-order valence-corrected chi connectivity index (χ4v) is 3.93. The van der Waals surface area contributed by atoms with Crippen LogP contribution in [0.2, 0.25) is 0 Å². The molecule has 6 heteroatoms. The fraction of sp³-hybridized carbons (Fsp3) is 0.240. The molecule has 1 atom stereocenters. The van der Waals surface area contributed by atoms with Crippen molar-refractivity contribution in [3.8, 4) is 17.2 Å². The summed E-state index contributed by atoms with van der Waals surface area (Å²) < 4.78 is 5.08. The van der Waals surface area contributed by atoms with Crippen LogP contribution < -0.4 is 4.90 Å². The molecule has 0 bridgehead atoms. The third-order valence-electron chi connectivity index (χ3n) is 5.64. The highest BCUT2D eigenvalue weighted by Crippen LogP contribution is 2.26. The van der Waals surface area contributed by atoms with Crippen molar-refractivity contribution in [2.75, 3.05) is 38.2 Å². The predicted octanol–water partition coefficient (Wildman–Crippen LogP) is 3.66. The zero-order valence-corrected chi connectivity index (χ0v) is 17.4. The summed E-state index contributed by atoms with van der Waals surface area (Å²) in [5, 5.41) is 8.94. The van der Waals surface area contributed by atoms with Crippen LogP contribution >= 0.6 is 0 Å². The van der Waals surface area contributed by atoms with Crippen LogP contribution in [0.25, 0.3) is 11.1 Å². The van der Waals surface area contributed by atoms with Gasteiger partial charge in [-0.15, -0.1) is 0 Å². The lowest BCUT2D eigenvalue weighted by atomic mass is 10.0. The molecule has 0 radical (unpaired) electrons. The van der Waals surface area contributed by atoms with Crippen LogP contribution in [0.1, 0.15) is 17.2 Å². The van der Waals surface area contributed by atoms with Gasteiger partial charge in [-0.3, -0.25) is 4.90 Å². The Morgan fingerprint density at radius 3 is 2.23 bits per heavy atom. The minimum absolute atomic E-state index is 0.232. The summed E-state index contributed by atoms with van der Waals surface area (Å²) in [6, 6.07) is 23.1. The smallest absolute Gasteiger partial charge is 0.327 e. The zero-order valence-electron chi connectivity index (χ0n) is 17.4. The first kappa shape index (κ1) is 20.6. The number of ether oxygens (including phenoxy) is 1. The van der Waals surface area contributed by atoms with Crippen LogP contribution in [-0.2, 0) is 9.53 Å². The van der Waals surface area contributed by atoms with E-state index < -0.39 is 0 Å². The Hall–Kier alpha value is -3.69. The molecule has 6 nitrogen and oxygen atoms in total. The van der Waals surface area contributed by atoms with E-state index in [4.69, 9.17) is 10.00 Å². The average molecular weight is 412 g/mol. The molecular weight excluding hydrogens is 388 g/mol. The van der Waals surface area contributed by atoms with Crippen molar-refractivity contribution in [3.05, 3.63) is 84.1 Å². The number of aromatic nitrogens is 1. The highest BCUT2D eigenvalue weighted by atomic mass is 16.5. The van der Waals surface area contributed by atoms with Crippen molar-refractivity contribution in [1.82, 2.24) is 9.88 Å². The lowest BCUT2D eigenvalue weighted by molar-refractivity contribution is -0.147. The average Bonchev–Trinajstić information content (AvgIpc) is 2.85. The lowest BCUT2D eigenvalue weighted by Gasteiger charge is -2.38. The summed E-state index contributed by atoms with van der Waals surface area (Å²) in [5.74, 6) is 0.691. The van der Waals surface area contributed by atoms with Crippen LogP contribution in [0.4, 0.5) is 5.82 Å². The van der Waals surface area contributed by atoms with Gasteiger partial charge in [0.15, 0.2) is 0 Å². The highest BCUT2D eigenvalue weighted by molar-refractivity contribution is 5.77. The van der Waals surface area contributed by atoms with Gasteiger partial charge in [0.1, 0.15) is 11.9 Å². The molecule has 1 fully saturated rings. The Kier molecular flexibility index (Phi) is 6.25. The summed E-state index contributed by atoms with van der Waals surface area (Å²) in [6.45, 7) is 3.05. The van der Waals surface area contributed by atoms with Crippen LogP contribution in [0.5, 0.6) is 0 Å². The van der Waals surface area contributed by atoms with Gasteiger partial charge in [0.05, 0.1) is 18.7 Å². The molecule has 1 saturated heterocycles. The number of carbonyl (C=O) groups excluding carboxylic acids is 1. The maximum Gasteiger partial charge on any atom is 0.327 e. The molecule has 3 aromatic rings. The Balaban J connectivity index is 1.43. The van der Waals surface area contributed by atoms with Gasteiger partial charge >= 0.3 is 5.97 Å². The summed E-state index contributed by atoms with van der Waals surface area (Å²) in [5.41, 5.74) is 3.65. The monoisotopic (exact) mass is 412 g/mol. The lowest BCUT2D eigenvalue weighted by Crippen LogP contribution is -2.49. The van der Waals surface area contributed by atoms with E-state index in [1.807, 2.05) is 66.9 Å². The number of nitriles is 1.